The molecule has 0 radical (unpaired) electrons. The van der Waals surface area contributed by atoms with E-state index in [1.807, 2.05) is 0 Å². The average molecular weight is 205 g/mol. The van der Waals surface area contributed by atoms with Crippen LogP contribution in [0.2, 0.25) is 0 Å². The lowest BCUT2D eigenvalue weighted by Crippen LogP contribution is -2.27. The summed E-state index contributed by atoms with van der Waals surface area (Å²) >= 11 is 0. The van der Waals surface area contributed by atoms with Crippen molar-refractivity contribution in [1.29, 1.82) is 0 Å². The molecule has 1 fully saturated rings. The van der Waals surface area contributed by atoms with Gasteiger partial charge in [0.15, 0.2) is 0 Å². The van der Waals surface area contributed by atoms with Crippen LogP contribution < -0.4 is 5.32 Å². The molecule has 0 aliphatic carbocycles. The lowest BCUT2D eigenvalue weighted by atomic mass is 9.87. The van der Waals surface area contributed by atoms with Gasteiger partial charge in [0.05, 0.1) is 6.61 Å². The molecule has 1 aromatic rings. The van der Waals surface area contributed by atoms with E-state index in [4.69, 9.17) is 4.74 Å². The zero-order valence-electron chi connectivity index (χ0n) is 9.33. The van der Waals surface area contributed by atoms with E-state index >= 15 is 0 Å². The predicted octanol–water partition coefficient (Wildman–Crippen LogP) is 2.30. The minimum absolute atomic E-state index is 0.720. The highest BCUT2D eigenvalue weighted by atomic mass is 16.5. The Morgan fingerprint density at radius 1 is 1.27 bits per heavy atom. The summed E-state index contributed by atoms with van der Waals surface area (Å²) in [4.78, 5) is 0. The maximum Gasteiger partial charge on any atom is 0.0715 e. The van der Waals surface area contributed by atoms with E-state index < -0.39 is 0 Å². The maximum atomic E-state index is 5.24. The molecule has 0 amide bonds. The quantitative estimate of drug-likeness (QED) is 0.817. The van der Waals surface area contributed by atoms with Gasteiger partial charge in [-0.25, -0.2) is 0 Å². The van der Waals surface area contributed by atoms with Gasteiger partial charge in [-0.15, -0.1) is 0 Å². The molecule has 1 aromatic carbocycles. The largest absolute Gasteiger partial charge is 0.380 e. The van der Waals surface area contributed by atoms with E-state index in [9.17, 15) is 0 Å². The van der Waals surface area contributed by atoms with Gasteiger partial charge in [-0.1, -0.05) is 24.3 Å². The molecule has 82 valence electrons. The summed E-state index contributed by atoms with van der Waals surface area (Å²) in [7, 11) is 1.76. The van der Waals surface area contributed by atoms with E-state index in [1.54, 1.807) is 7.11 Å². The Morgan fingerprint density at radius 3 is 2.73 bits per heavy atom. The topological polar surface area (TPSA) is 21.3 Å². The predicted molar refractivity (Wildman–Crippen MR) is 62.0 cm³/mol. The van der Waals surface area contributed by atoms with Gasteiger partial charge in [0.25, 0.3) is 0 Å². The fourth-order valence-corrected chi connectivity index (χ4v) is 2.35. The highest BCUT2D eigenvalue weighted by molar-refractivity contribution is 5.30. The number of ether oxygens (including phenoxy) is 1. The van der Waals surface area contributed by atoms with Crippen LogP contribution in [0.25, 0.3) is 0 Å². The third-order valence-electron chi connectivity index (χ3n) is 3.13. The van der Waals surface area contributed by atoms with Crippen molar-refractivity contribution in [2.24, 2.45) is 0 Å². The number of rotatable bonds is 3. The van der Waals surface area contributed by atoms with Crippen LogP contribution in [0.15, 0.2) is 24.3 Å². The van der Waals surface area contributed by atoms with Gasteiger partial charge in [0.1, 0.15) is 0 Å². The number of methoxy groups -OCH3 is 1. The van der Waals surface area contributed by atoms with E-state index in [0.717, 1.165) is 25.6 Å². The summed E-state index contributed by atoms with van der Waals surface area (Å²) in [5.74, 6) is 0.720. The van der Waals surface area contributed by atoms with Crippen LogP contribution in [0.5, 0.6) is 0 Å². The minimum Gasteiger partial charge on any atom is -0.380 e. The molecular weight excluding hydrogens is 186 g/mol. The van der Waals surface area contributed by atoms with Crippen molar-refractivity contribution in [3.05, 3.63) is 35.4 Å². The van der Waals surface area contributed by atoms with E-state index in [0.29, 0.717) is 0 Å². The molecule has 2 nitrogen and oxygen atoms in total. The second kappa shape index (κ2) is 5.29. The summed E-state index contributed by atoms with van der Waals surface area (Å²) < 4.78 is 5.24. The molecule has 2 rings (SSSR count). The second-order valence-corrected chi connectivity index (χ2v) is 4.16. The molecular formula is C13H19NO. The number of hydrogen-bond acceptors (Lipinski definition) is 2. The van der Waals surface area contributed by atoms with Crippen molar-refractivity contribution in [2.75, 3.05) is 20.2 Å². The first-order chi connectivity index (χ1) is 7.42. The van der Waals surface area contributed by atoms with Crippen LogP contribution in [-0.2, 0) is 11.3 Å². The Morgan fingerprint density at radius 2 is 2.00 bits per heavy atom. The number of hydrogen-bond donors (Lipinski definition) is 1. The van der Waals surface area contributed by atoms with Crippen molar-refractivity contribution in [3.8, 4) is 0 Å². The van der Waals surface area contributed by atoms with Crippen LogP contribution in [0.4, 0.5) is 0 Å². The van der Waals surface area contributed by atoms with Gasteiger partial charge in [-0.3, -0.25) is 0 Å². The van der Waals surface area contributed by atoms with Crippen LogP contribution in [0.1, 0.15) is 29.9 Å². The Kier molecular flexibility index (Phi) is 3.75. The second-order valence-electron chi connectivity index (χ2n) is 4.16. The highest BCUT2D eigenvalue weighted by Crippen LogP contribution is 2.28. The van der Waals surface area contributed by atoms with Gasteiger partial charge in [-0.2, -0.15) is 0 Å². The van der Waals surface area contributed by atoms with Gasteiger partial charge in [-0.05, 0) is 43.0 Å². The molecule has 1 saturated heterocycles. The number of piperidine rings is 1. The van der Waals surface area contributed by atoms with Crippen LogP contribution in [-0.4, -0.2) is 20.2 Å². The third-order valence-corrected chi connectivity index (χ3v) is 3.13. The molecule has 0 aromatic heterocycles. The smallest absolute Gasteiger partial charge is 0.0715 e. The Balaban J connectivity index is 2.17. The molecule has 1 heterocycles. The normalized spacial score (nSPS) is 17.9. The Labute approximate surface area is 91.6 Å². The Hall–Kier alpha value is -0.860. The summed E-state index contributed by atoms with van der Waals surface area (Å²) in [5, 5.41) is 3.40. The van der Waals surface area contributed by atoms with Crippen molar-refractivity contribution in [2.45, 2.75) is 25.4 Å². The zero-order chi connectivity index (χ0) is 10.5. The summed E-state index contributed by atoms with van der Waals surface area (Å²) in [5.41, 5.74) is 2.84. The average Bonchev–Trinajstić information content (AvgIpc) is 2.31. The first kappa shape index (κ1) is 10.7. The van der Waals surface area contributed by atoms with Gasteiger partial charge < -0.3 is 10.1 Å². The molecule has 0 atom stereocenters. The van der Waals surface area contributed by atoms with Crippen LogP contribution in [0, 0.1) is 0 Å². The summed E-state index contributed by atoms with van der Waals surface area (Å²) in [6.45, 7) is 3.03. The van der Waals surface area contributed by atoms with Gasteiger partial charge in [0, 0.05) is 7.11 Å². The monoisotopic (exact) mass is 205 g/mol. The SMILES string of the molecule is COCc1ccccc1C1CCNCC1. The number of nitrogens with one attached hydrogen (secondary N) is 1. The molecule has 0 spiro atoms. The summed E-state index contributed by atoms with van der Waals surface area (Å²) in [6, 6.07) is 8.67. The highest BCUT2D eigenvalue weighted by Gasteiger charge is 2.17. The fourth-order valence-electron chi connectivity index (χ4n) is 2.35. The molecule has 2 heteroatoms. The standard InChI is InChI=1S/C13H19NO/c1-15-10-12-4-2-3-5-13(12)11-6-8-14-9-7-11/h2-5,11,14H,6-10H2,1H3. The Bertz CT molecular complexity index is 305. The molecule has 0 unspecified atom stereocenters. The first-order valence-electron chi connectivity index (χ1n) is 5.69. The molecule has 1 aliphatic heterocycles. The summed E-state index contributed by atoms with van der Waals surface area (Å²) in [6.07, 6.45) is 2.50. The van der Waals surface area contributed by atoms with Crippen molar-refractivity contribution in [1.82, 2.24) is 5.32 Å². The fraction of sp³-hybridized carbons (Fsp3) is 0.538. The van der Waals surface area contributed by atoms with E-state index in [1.165, 1.54) is 24.0 Å². The third kappa shape index (κ3) is 2.58. The van der Waals surface area contributed by atoms with Gasteiger partial charge in [0.2, 0.25) is 0 Å². The van der Waals surface area contributed by atoms with Crippen molar-refractivity contribution >= 4 is 0 Å². The molecule has 15 heavy (non-hydrogen) atoms. The molecule has 0 saturated carbocycles. The first-order valence-corrected chi connectivity index (χ1v) is 5.69. The van der Waals surface area contributed by atoms with E-state index in [2.05, 4.69) is 29.6 Å². The molecule has 0 bridgehead atoms. The zero-order valence-corrected chi connectivity index (χ0v) is 9.33. The van der Waals surface area contributed by atoms with Crippen LogP contribution >= 0.6 is 0 Å². The lowest BCUT2D eigenvalue weighted by molar-refractivity contribution is 0.183. The molecule has 1 N–H and O–H groups in total. The number of benzene rings is 1. The minimum atomic E-state index is 0.720. The maximum absolute atomic E-state index is 5.24. The van der Waals surface area contributed by atoms with Crippen molar-refractivity contribution < 1.29 is 4.74 Å². The molecule has 1 aliphatic rings. The van der Waals surface area contributed by atoms with Crippen LogP contribution in [0.3, 0.4) is 0 Å². The lowest BCUT2D eigenvalue weighted by Gasteiger charge is -2.25. The van der Waals surface area contributed by atoms with Crippen molar-refractivity contribution in [3.63, 3.8) is 0 Å². The van der Waals surface area contributed by atoms with E-state index in [-0.39, 0.29) is 0 Å². The van der Waals surface area contributed by atoms with Gasteiger partial charge >= 0.3 is 0 Å².